The number of hydrogen-bond donors (Lipinski definition) is 2. The van der Waals surface area contributed by atoms with Crippen molar-refractivity contribution < 1.29 is 4.92 Å². The number of rotatable bonds is 3. The van der Waals surface area contributed by atoms with E-state index in [4.69, 9.17) is 28.9 Å². The molecule has 0 unspecified atom stereocenters. The van der Waals surface area contributed by atoms with Gasteiger partial charge in [-0.2, -0.15) is 0 Å². The van der Waals surface area contributed by atoms with Gasteiger partial charge in [0.25, 0.3) is 5.69 Å². The number of nitrogen functional groups attached to an aromatic ring is 1. The van der Waals surface area contributed by atoms with Crippen molar-refractivity contribution in [1.29, 1.82) is 0 Å². The van der Waals surface area contributed by atoms with Gasteiger partial charge in [0.1, 0.15) is 0 Å². The number of nitrogens with zero attached hydrogens (tertiary/aromatic N) is 1. The lowest BCUT2D eigenvalue weighted by molar-refractivity contribution is -0.384. The largest absolute Gasteiger partial charge is 0.397 e. The normalized spacial score (nSPS) is 10.2. The van der Waals surface area contributed by atoms with Crippen LogP contribution in [0.3, 0.4) is 0 Å². The van der Waals surface area contributed by atoms with Crippen LogP contribution in [0, 0.1) is 10.1 Å². The van der Waals surface area contributed by atoms with Crippen LogP contribution < -0.4 is 11.1 Å². The minimum Gasteiger partial charge on any atom is -0.397 e. The molecule has 7 heteroatoms. The van der Waals surface area contributed by atoms with Crippen molar-refractivity contribution in [1.82, 2.24) is 0 Å². The molecule has 0 fully saturated rings. The minimum absolute atomic E-state index is 0.0692. The Morgan fingerprint density at radius 1 is 1.11 bits per heavy atom. The van der Waals surface area contributed by atoms with Crippen molar-refractivity contribution in [3.05, 3.63) is 56.6 Å². The van der Waals surface area contributed by atoms with Gasteiger partial charge in [-0.1, -0.05) is 23.2 Å². The fraction of sp³-hybridized carbons (Fsp3) is 0. The molecule has 98 valence electrons. The first-order chi connectivity index (χ1) is 8.97. The fourth-order valence-electron chi connectivity index (χ4n) is 1.52. The van der Waals surface area contributed by atoms with E-state index in [2.05, 4.69) is 5.32 Å². The van der Waals surface area contributed by atoms with Crippen molar-refractivity contribution in [3.8, 4) is 0 Å². The van der Waals surface area contributed by atoms with Gasteiger partial charge < -0.3 is 11.1 Å². The van der Waals surface area contributed by atoms with Crippen LogP contribution in [-0.4, -0.2) is 4.92 Å². The van der Waals surface area contributed by atoms with Gasteiger partial charge in [-0.15, -0.1) is 0 Å². The van der Waals surface area contributed by atoms with Crippen molar-refractivity contribution in [2.24, 2.45) is 0 Å². The third-order valence-corrected chi connectivity index (χ3v) is 3.01. The van der Waals surface area contributed by atoms with E-state index in [9.17, 15) is 10.1 Å². The van der Waals surface area contributed by atoms with E-state index in [0.717, 1.165) is 0 Å². The van der Waals surface area contributed by atoms with Crippen LogP contribution in [0.5, 0.6) is 0 Å². The van der Waals surface area contributed by atoms with E-state index < -0.39 is 4.92 Å². The van der Waals surface area contributed by atoms with Crippen LogP contribution in [0.25, 0.3) is 0 Å². The maximum absolute atomic E-state index is 10.6. The smallest absolute Gasteiger partial charge is 0.271 e. The van der Waals surface area contributed by atoms with Gasteiger partial charge >= 0.3 is 0 Å². The Morgan fingerprint density at radius 3 is 2.47 bits per heavy atom. The molecule has 3 N–H and O–H groups in total. The van der Waals surface area contributed by atoms with E-state index in [-0.39, 0.29) is 11.4 Å². The molecule has 19 heavy (non-hydrogen) atoms. The number of nitro benzene ring substituents is 1. The first-order valence-electron chi connectivity index (χ1n) is 5.23. The zero-order chi connectivity index (χ0) is 14.0. The predicted octanol–water partition coefficient (Wildman–Crippen LogP) is 4.23. The molecule has 0 heterocycles. The molecule has 2 rings (SSSR count). The number of non-ortho nitro benzene ring substituents is 1. The highest BCUT2D eigenvalue weighted by atomic mass is 35.5. The summed E-state index contributed by atoms with van der Waals surface area (Å²) < 4.78 is 0. The Hall–Kier alpha value is -1.98. The molecule has 0 radical (unpaired) electrons. The molecule has 0 atom stereocenters. The average molecular weight is 298 g/mol. The summed E-state index contributed by atoms with van der Waals surface area (Å²) in [6, 6.07) is 9.11. The molecule has 0 aromatic heterocycles. The third kappa shape index (κ3) is 3.07. The molecule has 0 aliphatic rings. The molecule has 0 saturated carbocycles. The number of halogens is 2. The topological polar surface area (TPSA) is 81.2 Å². The second-order valence-corrected chi connectivity index (χ2v) is 4.62. The lowest BCUT2D eigenvalue weighted by Crippen LogP contribution is -1.98. The maximum atomic E-state index is 10.6. The highest BCUT2D eigenvalue weighted by molar-refractivity contribution is 6.35. The first-order valence-corrected chi connectivity index (χ1v) is 5.99. The Labute approximate surface area is 119 Å². The summed E-state index contributed by atoms with van der Waals surface area (Å²) in [5.41, 5.74) is 7.04. The molecule has 5 nitrogen and oxygen atoms in total. The van der Waals surface area contributed by atoms with Crippen LogP contribution in [0.2, 0.25) is 10.0 Å². The number of nitro groups is 1. The average Bonchev–Trinajstić information content (AvgIpc) is 2.36. The minimum atomic E-state index is -0.507. The maximum Gasteiger partial charge on any atom is 0.271 e. The zero-order valence-corrected chi connectivity index (χ0v) is 11.1. The summed E-state index contributed by atoms with van der Waals surface area (Å²) in [7, 11) is 0. The Balaban J connectivity index is 2.33. The van der Waals surface area contributed by atoms with Gasteiger partial charge in [0.05, 0.1) is 27.0 Å². The monoisotopic (exact) mass is 297 g/mol. The molecule has 0 spiro atoms. The van der Waals surface area contributed by atoms with E-state index in [0.29, 0.717) is 21.4 Å². The zero-order valence-electron chi connectivity index (χ0n) is 9.56. The van der Waals surface area contributed by atoms with Gasteiger partial charge in [-0.25, -0.2) is 0 Å². The molecule has 2 aromatic rings. The quantitative estimate of drug-likeness (QED) is 0.505. The fourth-order valence-corrected chi connectivity index (χ4v) is 1.85. The van der Waals surface area contributed by atoms with Gasteiger partial charge in [-0.3, -0.25) is 10.1 Å². The van der Waals surface area contributed by atoms with Crippen LogP contribution in [0.15, 0.2) is 36.4 Å². The number of hydrogen-bond acceptors (Lipinski definition) is 4. The van der Waals surface area contributed by atoms with Crippen LogP contribution in [0.4, 0.5) is 22.7 Å². The van der Waals surface area contributed by atoms with E-state index >= 15 is 0 Å². The predicted molar refractivity (Wildman–Crippen MR) is 77.3 cm³/mol. The summed E-state index contributed by atoms with van der Waals surface area (Å²) in [4.78, 5) is 10.1. The lowest BCUT2D eigenvalue weighted by Gasteiger charge is -2.11. The summed E-state index contributed by atoms with van der Waals surface area (Å²) in [6.45, 7) is 0. The van der Waals surface area contributed by atoms with Crippen LogP contribution in [-0.2, 0) is 0 Å². The highest BCUT2D eigenvalue weighted by Crippen LogP contribution is 2.32. The third-order valence-electron chi connectivity index (χ3n) is 2.44. The van der Waals surface area contributed by atoms with Crippen LogP contribution >= 0.6 is 23.2 Å². The molecular formula is C12H9Cl2N3O2. The van der Waals surface area contributed by atoms with Crippen molar-refractivity contribution >= 4 is 46.0 Å². The Morgan fingerprint density at radius 2 is 1.84 bits per heavy atom. The molecule has 2 aromatic carbocycles. The van der Waals surface area contributed by atoms with Crippen molar-refractivity contribution in [2.45, 2.75) is 0 Å². The number of benzene rings is 2. The molecular weight excluding hydrogens is 289 g/mol. The molecule has 0 bridgehead atoms. The summed E-state index contributed by atoms with van der Waals surface area (Å²) in [6.07, 6.45) is 0. The van der Waals surface area contributed by atoms with Crippen molar-refractivity contribution in [2.75, 3.05) is 11.1 Å². The van der Waals surface area contributed by atoms with E-state index in [1.807, 2.05) is 0 Å². The second kappa shape index (κ2) is 5.34. The number of anilines is 3. The van der Waals surface area contributed by atoms with Crippen LogP contribution in [0.1, 0.15) is 0 Å². The van der Waals surface area contributed by atoms with Crippen molar-refractivity contribution in [3.63, 3.8) is 0 Å². The van der Waals surface area contributed by atoms with Gasteiger partial charge in [0, 0.05) is 17.2 Å². The summed E-state index contributed by atoms with van der Waals surface area (Å²) in [5, 5.41) is 14.6. The molecule has 0 aliphatic carbocycles. The SMILES string of the molecule is Nc1cc([N+](=O)[O-])ccc1Nc1cc(Cl)ccc1Cl. The Bertz CT molecular complexity index is 647. The summed E-state index contributed by atoms with van der Waals surface area (Å²) >= 11 is 11.9. The second-order valence-electron chi connectivity index (χ2n) is 3.78. The molecule has 0 amide bonds. The number of nitrogens with one attached hydrogen (secondary N) is 1. The van der Waals surface area contributed by atoms with Gasteiger partial charge in [0.2, 0.25) is 0 Å². The van der Waals surface area contributed by atoms with E-state index in [1.165, 1.54) is 18.2 Å². The highest BCUT2D eigenvalue weighted by Gasteiger charge is 2.10. The molecule has 0 aliphatic heterocycles. The molecule has 0 saturated heterocycles. The number of nitrogens with two attached hydrogens (primary N) is 1. The standard InChI is InChI=1S/C12H9Cl2N3O2/c13-7-1-3-9(14)12(5-7)16-11-4-2-8(17(18)19)6-10(11)15/h1-6,16H,15H2. The van der Waals surface area contributed by atoms with Gasteiger partial charge in [-0.05, 0) is 24.3 Å². The summed E-state index contributed by atoms with van der Waals surface area (Å²) in [5.74, 6) is 0. The van der Waals surface area contributed by atoms with E-state index in [1.54, 1.807) is 18.2 Å². The van der Waals surface area contributed by atoms with Gasteiger partial charge in [0.15, 0.2) is 0 Å². The Kier molecular flexibility index (Phi) is 3.78. The lowest BCUT2D eigenvalue weighted by atomic mass is 10.2. The first kappa shape index (κ1) is 13.5.